The van der Waals surface area contributed by atoms with Gasteiger partial charge < -0.3 is 4.90 Å². The van der Waals surface area contributed by atoms with E-state index in [1.165, 1.54) is 0 Å². The molecular weight excluding hydrogens is 234 g/mol. The molecule has 0 N–H and O–H groups in total. The molecule has 0 saturated heterocycles. The van der Waals surface area contributed by atoms with Crippen molar-refractivity contribution in [3.05, 3.63) is 64.7 Å². The van der Waals surface area contributed by atoms with Gasteiger partial charge in [-0.15, -0.1) is 0 Å². The van der Waals surface area contributed by atoms with E-state index in [1.54, 1.807) is 17.0 Å². The van der Waals surface area contributed by atoms with Crippen LogP contribution < -0.4 is 4.90 Å². The number of amides is 1. The Morgan fingerprint density at radius 3 is 2.41 bits per heavy atom. The van der Waals surface area contributed by atoms with E-state index in [-0.39, 0.29) is 5.91 Å². The Morgan fingerprint density at radius 2 is 1.71 bits per heavy atom. The van der Waals surface area contributed by atoms with Crippen molar-refractivity contribution in [2.45, 2.75) is 6.54 Å². The maximum absolute atomic E-state index is 12.2. The lowest BCUT2D eigenvalue weighted by molar-refractivity contribution is 0.0996. The number of halogens is 1. The van der Waals surface area contributed by atoms with Crippen molar-refractivity contribution in [1.82, 2.24) is 0 Å². The first-order valence-corrected chi connectivity index (χ1v) is 5.79. The maximum atomic E-state index is 12.2. The van der Waals surface area contributed by atoms with Gasteiger partial charge in [0.05, 0.1) is 6.54 Å². The van der Waals surface area contributed by atoms with E-state index in [2.05, 4.69) is 0 Å². The summed E-state index contributed by atoms with van der Waals surface area (Å²) in [4.78, 5) is 13.9. The van der Waals surface area contributed by atoms with E-state index in [4.69, 9.17) is 11.6 Å². The summed E-state index contributed by atoms with van der Waals surface area (Å²) in [5, 5.41) is 0.679. The van der Waals surface area contributed by atoms with Gasteiger partial charge in [-0.3, -0.25) is 4.79 Å². The Balaban J connectivity index is 1.99. The number of hydrogen-bond acceptors (Lipinski definition) is 1. The highest BCUT2D eigenvalue weighted by Crippen LogP contribution is 2.28. The van der Waals surface area contributed by atoms with Gasteiger partial charge >= 0.3 is 0 Å². The zero-order valence-electron chi connectivity index (χ0n) is 9.06. The van der Waals surface area contributed by atoms with Crippen LogP contribution in [-0.4, -0.2) is 5.91 Å². The molecule has 1 aliphatic heterocycles. The Hall–Kier alpha value is -1.80. The van der Waals surface area contributed by atoms with Crippen LogP contribution in [0, 0.1) is 0 Å². The molecule has 0 spiro atoms. The zero-order chi connectivity index (χ0) is 11.8. The minimum Gasteiger partial charge on any atom is -0.304 e. The summed E-state index contributed by atoms with van der Waals surface area (Å²) >= 11 is 5.84. The highest BCUT2D eigenvalue weighted by atomic mass is 35.5. The van der Waals surface area contributed by atoms with E-state index in [1.807, 2.05) is 36.4 Å². The second-order valence-electron chi connectivity index (χ2n) is 4.02. The van der Waals surface area contributed by atoms with Crippen LogP contribution >= 0.6 is 11.6 Å². The highest BCUT2D eigenvalue weighted by molar-refractivity contribution is 6.30. The van der Waals surface area contributed by atoms with Crippen molar-refractivity contribution in [2.24, 2.45) is 0 Å². The van der Waals surface area contributed by atoms with Crippen LogP contribution in [0.25, 0.3) is 0 Å². The van der Waals surface area contributed by atoms with Gasteiger partial charge in [0.15, 0.2) is 0 Å². The fourth-order valence-electron chi connectivity index (χ4n) is 2.08. The van der Waals surface area contributed by atoms with Crippen molar-refractivity contribution in [3.8, 4) is 0 Å². The quantitative estimate of drug-likeness (QED) is 0.751. The summed E-state index contributed by atoms with van der Waals surface area (Å²) in [5.74, 6) is 0.0583. The molecule has 0 fully saturated rings. The van der Waals surface area contributed by atoms with Crippen LogP contribution in [0.3, 0.4) is 0 Å². The molecule has 0 bridgehead atoms. The number of carbonyl (C=O) groups is 1. The summed E-state index contributed by atoms with van der Waals surface area (Å²) in [5.41, 5.74) is 2.76. The first-order valence-electron chi connectivity index (χ1n) is 5.41. The fourth-order valence-corrected chi connectivity index (χ4v) is 2.21. The first-order chi connectivity index (χ1) is 8.25. The van der Waals surface area contributed by atoms with E-state index in [9.17, 15) is 4.79 Å². The predicted octanol–water partition coefficient (Wildman–Crippen LogP) is 3.50. The van der Waals surface area contributed by atoms with Crippen molar-refractivity contribution < 1.29 is 4.79 Å². The summed E-state index contributed by atoms with van der Waals surface area (Å²) in [6.45, 7) is 0.636. The number of anilines is 1. The summed E-state index contributed by atoms with van der Waals surface area (Å²) in [7, 11) is 0. The van der Waals surface area contributed by atoms with E-state index < -0.39 is 0 Å². The number of fused-ring (bicyclic) bond motifs is 1. The number of rotatable bonds is 1. The molecule has 0 atom stereocenters. The Bertz CT molecular complexity index is 577. The molecule has 84 valence electrons. The second kappa shape index (κ2) is 3.90. The van der Waals surface area contributed by atoms with Gasteiger partial charge in [0.2, 0.25) is 0 Å². The number of hydrogen-bond donors (Lipinski definition) is 0. The summed E-state index contributed by atoms with van der Waals surface area (Å²) in [6.07, 6.45) is 0. The summed E-state index contributed by atoms with van der Waals surface area (Å²) < 4.78 is 0. The van der Waals surface area contributed by atoms with Crippen LogP contribution in [-0.2, 0) is 6.54 Å². The number of benzene rings is 2. The molecule has 3 rings (SSSR count). The lowest BCUT2D eigenvalue weighted by atomic mass is 10.1. The predicted molar refractivity (Wildman–Crippen MR) is 68.4 cm³/mol. The largest absolute Gasteiger partial charge is 0.304 e. The third-order valence-electron chi connectivity index (χ3n) is 2.96. The summed E-state index contributed by atoms with van der Waals surface area (Å²) in [6, 6.07) is 15.0. The molecule has 0 radical (unpaired) electrons. The molecule has 1 heterocycles. The lowest BCUT2D eigenvalue weighted by Gasteiger charge is -2.15. The van der Waals surface area contributed by atoms with Crippen molar-refractivity contribution in [2.75, 3.05) is 4.90 Å². The van der Waals surface area contributed by atoms with Crippen LogP contribution in [0.5, 0.6) is 0 Å². The molecule has 0 aliphatic carbocycles. The minimum atomic E-state index is 0.0583. The number of nitrogens with zero attached hydrogens (tertiary/aromatic N) is 1. The number of carbonyl (C=O) groups excluding carboxylic acids is 1. The van der Waals surface area contributed by atoms with Gasteiger partial charge in [0.1, 0.15) is 0 Å². The van der Waals surface area contributed by atoms with Crippen LogP contribution in [0.1, 0.15) is 15.9 Å². The Kier molecular flexibility index (Phi) is 2.37. The molecule has 0 aromatic heterocycles. The molecule has 1 aliphatic rings. The third-order valence-corrected chi connectivity index (χ3v) is 3.21. The van der Waals surface area contributed by atoms with Crippen molar-refractivity contribution >= 4 is 23.2 Å². The fraction of sp³-hybridized carbons (Fsp3) is 0.0714. The average Bonchev–Trinajstić information content (AvgIpc) is 2.69. The smallest absolute Gasteiger partial charge is 0.258 e. The lowest BCUT2D eigenvalue weighted by Crippen LogP contribution is -2.22. The molecule has 17 heavy (non-hydrogen) atoms. The van der Waals surface area contributed by atoms with Gasteiger partial charge in [-0.2, -0.15) is 0 Å². The molecule has 2 aromatic carbocycles. The molecular formula is C14H10ClNO. The van der Waals surface area contributed by atoms with Crippen LogP contribution in [0.4, 0.5) is 5.69 Å². The maximum Gasteiger partial charge on any atom is 0.258 e. The molecule has 3 heteroatoms. The van der Waals surface area contributed by atoms with E-state index in [0.29, 0.717) is 11.6 Å². The van der Waals surface area contributed by atoms with Gasteiger partial charge in [0, 0.05) is 16.3 Å². The van der Waals surface area contributed by atoms with Gasteiger partial charge in [-0.05, 0) is 35.9 Å². The first kappa shape index (κ1) is 10.4. The highest BCUT2D eigenvalue weighted by Gasteiger charge is 2.27. The molecule has 0 saturated carbocycles. The topological polar surface area (TPSA) is 20.3 Å². The molecule has 2 aromatic rings. The van der Waals surface area contributed by atoms with E-state index in [0.717, 1.165) is 16.8 Å². The minimum absolute atomic E-state index is 0.0583. The van der Waals surface area contributed by atoms with Gasteiger partial charge in [-0.1, -0.05) is 29.8 Å². The molecule has 2 nitrogen and oxygen atoms in total. The average molecular weight is 244 g/mol. The third kappa shape index (κ3) is 1.71. The SMILES string of the molecule is O=C1c2ccccc2CN1c1ccc(Cl)cc1. The van der Waals surface area contributed by atoms with Gasteiger partial charge in [0.25, 0.3) is 5.91 Å². The normalized spacial score (nSPS) is 13.9. The Morgan fingerprint density at radius 1 is 1.00 bits per heavy atom. The van der Waals surface area contributed by atoms with E-state index >= 15 is 0 Å². The van der Waals surface area contributed by atoms with Crippen LogP contribution in [0.15, 0.2) is 48.5 Å². The van der Waals surface area contributed by atoms with Gasteiger partial charge in [-0.25, -0.2) is 0 Å². The van der Waals surface area contributed by atoms with Crippen molar-refractivity contribution in [3.63, 3.8) is 0 Å². The van der Waals surface area contributed by atoms with Crippen LogP contribution in [0.2, 0.25) is 5.02 Å². The monoisotopic (exact) mass is 243 g/mol. The zero-order valence-corrected chi connectivity index (χ0v) is 9.82. The molecule has 0 unspecified atom stereocenters. The van der Waals surface area contributed by atoms with Crippen molar-refractivity contribution in [1.29, 1.82) is 0 Å². The Labute approximate surface area is 104 Å². The molecule has 1 amide bonds. The second-order valence-corrected chi connectivity index (χ2v) is 4.46. The standard InChI is InChI=1S/C14H10ClNO/c15-11-5-7-12(8-6-11)16-9-10-3-1-2-4-13(10)14(16)17/h1-8H,9H2.